The molecule has 17 heavy (non-hydrogen) atoms. The molecule has 0 aliphatic carbocycles. The molecule has 0 aromatic heterocycles. The molecular weight excluding hydrogens is 222 g/mol. The van der Waals surface area contributed by atoms with Crippen molar-refractivity contribution in [2.75, 3.05) is 13.4 Å². The summed E-state index contributed by atoms with van der Waals surface area (Å²) in [5.41, 5.74) is 0.253. The van der Waals surface area contributed by atoms with Crippen molar-refractivity contribution in [3.63, 3.8) is 0 Å². The summed E-state index contributed by atoms with van der Waals surface area (Å²) in [6.45, 7) is 7.45. The predicted molar refractivity (Wildman–Crippen MR) is 65.3 cm³/mol. The molecule has 5 heteroatoms. The molecule has 0 spiro atoms. The van der Waals surface area contributed by atoms with Crippen LogP contribution in [-0.2, 0) is 19.1 Å². The lowest BCUT2D eigenvalue weighted by Gasteiger charge is -1.98. The van der Waals surface area contributed by atoms with Gasteiger partial charge in [0.25, 0.3) is 6.79 Å². The first-order valence-electron chi connectivity index (χ1n) is 5.13. The average molecular weight is 239 g/mol. The largest absolute Gasteiger partial charge is 0.463 e. The van der Waals surface area contributed by atoms with Crippen LogP contribution in [-0.4, -0.2) is 25.6 Å². The van der Waals surface area contributed by atoms with Crippen LogP contribution in [0.4, 0.5) is 0 Å². The van der Waals surface area contributed by atoms with Crippen molar-refractivity contribution in [1.29, 1.82) is 0 Å². The first-order chi connectivity index (χ1) is 8.22. The minimum absolute atomic E-state index is 0.0352. The first kappa shape index (κ1) is 15.0. The Morgan fingerprint density at radius 3 is 2.88 bits per heavy atom. The molecule has 0 radical (unpaired) electrons. The molecule has 94 valence electrons. The van der Waals surface area contributed by atoms with Gasteiger partial charge < -0.3 is 14.3 Å². The van der Waals surface area contributed by atoms with Crippen molar-refractivity contribution in [2.24, 2.45) is 5.16 Å². The molecule has 0 saturated carbocycles. The molecule has 0 rings (SSSR count). The van der Waals surface area contributed by atoms with E-state index in [2.05, 4.69) is 11.7 Å². The zero-order valence-corrected chi connectivity index (χ0v) is 10.1. The maximum absolute atomic E-state index is 11.1. The zero-order chi connectivity index (χ0) is 12.9. The van der Waals surface area contributed by atoms with Gasteiger partial charge >= 0.3 is 5.97 Å². The van der Waals surface area contributed by atoms with Gasteiger partial charge in [0, 0.05) is 0 Å². The molecule has 0 amide bonds. The van der Waals surface area contributed by atoms with Crippen molar-refractivity contribution in [3.8, 4) is 0 Å². The fraction of sp³-hybridized carbons (Fsp3) is 0.333. The number of nitrogens with zero attached hydrogens (tertiary/aromatic N) is 1. The SMILES string of the molecule is C=C(/C=C\C=N/OCO/C=C/C)C(=O)OCC. The van der Waals surface area contributed by atoms with Gasteiger partial charge in [-0.1, -0.05) is 17.8 Å². The van der Waals surface area contributed by atoms with Crippen LogP contribution in [0.15, 0.2) is 41.8 Å². The van der Waals surface area contributed by atoms with Crippen LogP contribution in [0.1, 0.15) is 13.8 Å². The van der Waals surface area contributed by atoms with Crippen LogP contribution < -0.4 is 0 Å². The highest BCUT2D eigenvalue weighted by Gasteiger charge is 2.01. The van der Waals surface area contributed by atoms with Gasteiger partial charge in [0.1, 0.15) is 0 Å². The van der Waals surface area contributed by atoms with Gasteiger partial charge in [-0.3, -0.25) is 0 Å². The van der Waals surface area contributed by atoms with Crippen molar-refractivity contribution in [3.05, 3.63) is 36.6 Å². The normalized spacial score (nSPS) is 11.2. The lowest BCUT2D eigenvalue weighted by molar-refractivity contribution is -0.138. The Labute approximate surface area is 101 Å². The van der Waals surface area contributed by atoms with E-state index in [1.54, 1.807) is 13.0 Å². The van der Waals surface area contributed by atoms with Gasteiger partial charge in [0.15, 0.2) is 0 Å². The second-order valence-corrected chi connectivity index (χ2v) is 2.74. The second-order valence-electron chi connectivity index (χ2n) is 2.74. The molecule has 0 heterocycles. The molecule has 0 aliphatic heterocycles. The van der Waals surface area contributed by atoms with Gasteiger partial charge in [0.05, 0.1) is 24.7 Å². The summed E-state index contributed by atoms with van der Waals surface area (Å²) < 4.78 is 9.58. The summed E-state index contributed by atoms with van der Waals surface area (Å²) in [4.78, 5) is 15.8. The quantitative estimate of drug-likeness (QED) is 0.0952. The zero-order valence-electron chi connectivity index (χ0n) is 10.1. The van der Waals surface area contributed by atoms with E-state index in [-0.39, 0.29) is 12.4 Å². The van der Waals surface area contributed by atoms with Crippen molar-refractivity contribution in [1.82, 2.24) is 0 Å². The molecule has 0 N–H and O–H groups in total. The molecule has 0 fully saturated rings. The van der Waals surface area contributed by atoms with E-state index in [1.807, 2.05) is 6.92 Å². The van der Waals surface area contributed by atoms with Crippen LogP contribution in [0.25, 0.3) is 0 Å². The number of hydrogen-bond acceptors (Lipinski definition) is 5. The van der Waals surface area contributed by atoms with E-state index in [9.17, 15) is 4.79 Å². The average Bonchev–Trinajstić information content (AvgIpc) is 2.32. The Kier molecular flexibility index (Phi) is 9.22. The molecule has 0 saturated heterocycles. The summed E-state index contributed by atoms with van der Waals surface area (Å²) in [6.07, 6.45) is 7.61. The van der Waals surface area contributed by atoms with E-state index in [4.69, 9.17) is 14.3 Å². The Hall–Kier alpha value is -2.04. The first-order valence-corrected chi connectivity index (χ1v) is 5.13. The number of oxime groups is 1. The van der Waals surface area contributed by atoms with Crippen LogP contribution in [0.5, 0.6) is 0 Å². The number of carbonyl (C=O) groups is 1. The lowest BCUT2D eigenvalue weighted by atomic mass is 10.3. The lowest BCUT2D eigenvalue weighted by Crippen LogP contribution is -2.04. The third-order valence-electron chi connectivity index (χ3n) is 1.41. The van der Waals surface area contributed by atoms with Crippen LogP contribution in [0, 0.1) is 0 Å². The van der Waals surface area contributed by atoms with Gasteiger partial charge in [0.2, 0.25) is 0 Å². The summed E-state index contributed by atoms with van der Waals surface area (Å²) >= 11 is 0. The van der Waals surface area contributed by atoms with Crippen LogP contribution in [0.3, 0.4) is 0 Å². The summed E-state index contributed by atoms with van der Waals surface area (Å²) in [5, 5.41) is 3.56. The van der Waals surface area contributed by atoms with Crippen LogP contribution >= 0.6 is 0 Å². The summed E-state index contributed by atoms with van der Waals surface area (Å²) in [7, 11) is 0. The van der Waals surface area contributed by atoms with Gasteiger partial charge in [-0.25, -0.2) is 4.79 Å². The molecule has 5 nitrogen and oxygen atoms in total. The Morgan fingerprint density at radius 1 is 1.47 bits per heavy atom. The molecule has 0 unspecified atom stereocenters. The number of hydrogen-bond donors (Lipinski definition) is 0. The maximum Gasteiger partial charge on any atom is 0.337 e. The number of carbonyl (C=O) groups excluding carboxylic acids is 1. The number of allylic oxidation sites excluding steroid dienone is 2. The topological polar surface area (TPSA) is 57.1 Å². The number of ether oxygens (including phenoxy) is 2. The van der Waals surface area contributed by atoms with E-state index in [0.717, 1.165) is 0 Å². The fourth-order valence-electron chi connectivity index (χ4n) is 0.726. The van der Waals surface area contributed by atoms with Crippen LogP contribution in [0.2, 0.25) is 0 Å². The van der Waals surface area contributed by atoms with Gasteiger partial charge in [-0.05, 0) is 26.0 Å². The van der Waals surface area contributed by atoms with Gasteiger partial charge in [-0.2, -0.15) is 0 Å². The molecule has 0 atom stereocenters. The highest BCUT2D eigenvalue weighted by Crippen LogP contribution is 1.95. The van der Waals surface area contributed by atoms with Gasteiger partial charge in [-0.15, -0.1) is 0 Å². The molecule has 0 aromatic carbocycles. The smallest absolute Gasteiger partial charge is 0.337 e. The van der Waals surface area contributed by atoms with E-state index >= 15 is 0 Å². The maximum atomic E-state index is 11.1. The van der Waals surface area contributed by atoms with E-state index < -0.39 is 5.97 Å². The minimum atomic E-state index is -0.450. The molecule has 0 aliphatic rings. The second kappa shape index (κ2) is 10.5. The van der Waals surface area contributed by atoms with E-state index in [0.29, 0.717) is 6.61 Å². The molecule has 0 bridgehead atoms. The third kappa shape index (κ3) is 8.92. The number of esters is 1. The molecule has 0 aromatic rings. The predicted octanol–water partition coefficient (Wildman–Crippen LogP) is 2.17. The summed E-state index contributed by atoms with van der Waals surface area (Å²) in [6, 6.07) is 0. The molecular formula is C12H17NO4. The third-order valence-corrected chi connectivity index (χ3v) is 1.41. The monoisotopic (exact) mass is 239 g/mol. The fourth-order valence-corrected chi connectivity index (χ4v) is 0.726. The highest BCUT2D eigenvalue weighted by molar-refractivity contribution is 5.92. The Bertz CT molecular complexity index is 318. The summed E-state index contributed by atoms with van der Waals surface area (Å²) in [5.74, 6) is -0.450. The Balaban J connectivity index is 3.75. The number of rotatable bonds is 8. The Morgan fingerprint density at radius 2 is 2.24 bits per heavy atom. The minimum Gasteiger partial charge on any atom is -0.463 e. The van der Waals surface area contributed by atoms with Crippen molar-refractivity contribution >= 4 is 12.2 Å². The van der Waals surface area contributed by atoms with Crippen molar-refractivity contribution < 1.29 is 19.1 Å². The van der Waals surface area contributed by atoms with E-state index in [1.165, 1.54) is 24.6 Å². The van der Waals surface area contributed by atoms with Crippen molar-refractivity contribution in [2.45, 2.75) is 13.8 Å². The highest BCUT2D eigenvalue weighted by atomic mass is 16.7. The standard InChI is InChI=1S/C12H17NO4/c1-4-9-15-10-17-13-8-6-7-11(3)12(14)16-5-2/h4,6-9H,3,5,10H2,1-2H3/b7-6-,9-4+,13-8-.